The van der Waals surface area contributed by atoms with Crippen molar-refractivity contribution in [3.63, 3.8) is 0 Å². The summed E-state index contributed by atoms with van der Waals surface area (Å²) in [6, 6.07) is 7.06. The van der Waals surface area contributed by atoms with E-state index in [9.17, 15) is 24.6 Å². The Morgan fingerprint density at radius 1 is 1.05 bits per heavy atom. The lowest BCUT2D eigenvalue weighted by Crippen LogP contribution is -2.59. The van der Waals surface area contributed by atoms with Crippen LogP contribution >= 0.6 is 11.6 Å². The lowest BCUT2D eigenvalue weighted by molar-refractivity contribution is -0.914. The summed E-state index contributed by atoms with van der Waals surface area (Å²) in [6.45, 7) is 5.12. The number of halogens is 3. The molecule has 2 aromatic carbocycles. The van der Waals surface area contributed by atoms with Crippen LogP contribution in [0.5, 0.6) is 0 Å². The topological polar surface area (TPSA) is 146 Å². The number of methoxy groups -OCH3 is 1. The van der Waals surface area contributed by atoms with Gasteiger partial charge in [0.15, 0.2) is 30.0 Å². The molecule has 4 aromatic rings. The molecular weight excluding hydrogens is 750 g/mol. The van der Waals surface area contributed by atoms with Gasteiger partial charge in [0, 0.05) is 76.6 Å². The molecule has 0 saturated carbocycles. The van der Waals surface area contributed by atoms with Crippen molar-refractivity contribution in [3.8, 4) is 22.4 Å². The summed E-state index contributed by atoms with van der Waals surface area (Å²) in [5.74, 6) is -3.17. The first kappa shape index (κ1) is 40.9. The monoisotopic (exact) mass is 798 g/mol. The van der Waals surface area contributed by atoms with Gasteiger partial charge in [0.1, 0.15) is 19.3 Å². The zero-order chi connectivity index (χ0) is 40.5. The summed E-state index contributed by atoms with van der Waals surface area (Å²) >= 11 is 6.56. The Kier molecular flexibility index (Phi) is 12.3. The molecule has 2 fully saturated rings. The van der Waals surface area contributed by atoms with Crippen molar-refractivity contribution in [1.82, 2.24) is 24.0 Å². The third-order valence-corrected chi connectivity index (χ3v) is 11.5. The Morgan fingerprint density at radius 2 is 1.73 bits per heavy atom. The molecule has 2 aromatic heterocycles. The van der Waals surface area contributed by atoms with Gasteiger partial charge in [0.25, 0.3) is 17.7 Å². The molecule has 300 valence electrons. The second kappa shape index (κ2) is 16.8. The predicted octanol–water partition coefficient (Wildman–Crippen LogP) is 2.77. The lowest BCUT2D eigenvalue weighted by Gasteiger charge is -2.40. The fourth-order valence-electron chi connectivity index (χ4n) is 7.89. The maximum atomic E-state index is 15.7. The molecule has 6 rings (SSSR count). The Morgan fingerprint density at radius 3 is 2.41 bits per heavy atom. The van der Waals surface area contributed by atoms with Crippen LogP contribution in [0.25, 0.3) is 22.4 Å². The molecule has 1 unspecified atom stereocenters. The summed E-state index contributed by atoms with van der Waals surface area (Å²) in [7, 11) is 6.88. The highest BCUT2D eigenvalue weighted by Crippen LogP contribution is 2.33. The number of aromatic nitrogens is 4. The highest BCUT2D eigenvalue weighted by Gasteiger charge is 2.49. The molecule has 0 aliphatic carbocycles. The van der Waals surface area contributed by atoms with Gasteiger partial charge in [-0.2, -0.15) is 4.68 Å². The Balaban J connectivity index is 1.09. The fraction of sp³-hybridized carbons (Fsp3) is 0.462. The molecule has 3 atom stereocenters. The first-order chi connectivity index (χ1) is 26.7. The van der Waals surface area contributed by atoms with E-state index in [2.05, 4.69) is 10.3 Å². The number of likely N-dealkylation sites (N-methyl/N-ethyl adjacent to an activating group) is 1. The third kappa shape index (κ3) is 7.93. The van der Waals surface area contributed by atoms with Gasteiger partial charge in [-0.15, -0.1) is 4.68 Å². The number of benzene rings is 2. The van der Waals surface area contributed by atoms with Crippen molar-refractivity contribution in [2.45, 2.75) is 38.5 Å². The molecule has 14 nitrogen and oxygen atoms in total. The number of aliphatic hydroxyl groups excluding tert-OH is 2. The molecule has 3 N–H and O–H groups in total. The molecule has 0 radical (unpaired) electrons. The van der Waals surface area contributed by atoms with Crippen LogP contribution in [0.1, 0.15) is 39.5 Å². The number of likely N-dealkylation sites (tertiary alicyclic amines) is 1. The van der Waals surface area contributed by atoms with Gasteiger partial charge in [0.05, 0.1) is 54.4 Å². The van der Waals surface area contributed by atoms with Crippen LogP contribution in [0.3, 0.4) is 0 Å². The van der Waals surface area contributed by atoms with Crippen molar-refractivity contribution < 1.29 is 47.3 Å². The number of amides is 3. The summed E-state index contributed by atoms with van der Waals surface area (Å²) in [4.78, 5) is 47.9. The van der Waals surface area contributed by atoms with Crippen LogP contribution in [0.15, 0.2) is 42.7 Å². The zero-order valence-electron chi connectivity index (χ0n) is 32.3. The molecule has 2 aliphatic rings. The van der Waals surface area contributed by atoms with E-state index in [1.807, 2.05) is 30.4 Å². The summed E-state index contributed by atoms with van der Waals surface area (Å²) in [5.41, 5.74) is 2.03. The summed E-state index contributed by atoms with van der Waals surface area (Å²) < 4.78 is 41.9. The minimum atomic E-state index is -1.07. The van der Waals surface area contributed by atoms with Crippen molar-refractivity contribution in [2.24, 2.45) is 14.1 Å². The average Bonchev–Trinajstić information content (AvgIpc) is 3.81. The number of nitrogens with one attached hydrogen (secondary N) is 1. The third-order valence-electron chi connectivity index (χ3n) is 11.2. The average molecular weight is 799 g/mol. The molecular formula is C39H49ClF2N8O6+2. The highest BCUT2D eigenvalue weighted by molar-refractivity contribution is 6.34. The number of anilines is 1. The Hall–Kier alpha value is -4.74. The van der Waals surface area contributed by atoms with Gasteiger partial charge in [-0.3, -0.25) is 14.4 Å². The molecule has 4 heterocycles. The van der Waals surface area contributed by atoms with Gasteiger partial charge in [-0.1, -0.05) is 17.7 Å². The first-order valence-electron chi connectivity index (χ1n) is 18.6. The quantitative estimate of drug-likeness (QED) is 0.148. The summed E-state index contributed by atoms with van der Waals surface area (Å²) in [6.07, 6.45) is 3.36. The van der Waals surface area contributed by atoms with Crippen molar-refractivity contribution in [3.05, 3.63) is 76.5 Å². The Labute approximate surface area is 329 Å². The smallest absolute Gasteiger partial charge is 0.291 e. The van der Waals surface area contributed by atoms with Crippen molar-refractivity contribution in [1.29, 1.82) is 0 Å². The number of piperazine rings is 1. The molecule has 2 saturated heterocycles. The molecule has 3 amide bonds. The van der Waals surface area contributed by atoms with Gasteiger partial charge in [-0.05, 0) is 31.2 Å². The van der Waals surface area contributed by atoms with Gasteiger partial charge in [-0.25, -0.2) is 13.8 Å². The van der Waals surface area contributed by atoms with Crippen LogP contribution in [-0.4, -0.2) is 135 Å². The van der Waals surface area contributed by atoms with Crippen LogP contribution in [0, 0.1) is 18.6 Å². The fourth-order valence-corrected chi connectivity index (χ4v) is 8.15. The molecule has 0 spiro atoms. The summed E-state index contributed by atoms with van der Waals surface area (Å²) in [5, 5.41) is 22.5. The second-order valence-electron chi connectivity index (χ2n) is 14.8. The van der Waals surface area contributed by atoms with Crippen molar-refractivity contribution >= 4 is 35.0 Å². The van der Waals surface area contributed by atoms with E-state index in [4.69, 9.17) is 16.3 Å². The number of carbonyl (C=O) groups excluding carboxylic acids is 3. The minimum absolute atomic E-state index is 0.0145. The largest absolute Gasteiger partial charge is 0.396 e. The predicted molar refractivity (Wildman–Crippen MR) is 204 cm³/mol. The van der Waals surface area contributed by atoms with Gasteiger partial charge < -0.3 is 39.1 Å². The van der Waals surface area contributed by atoms with Crippen LogP contribution in [-0.2, 0) is 30.2 Å². The number of hydrogen-bond acceptors (Lipinski definition) is 7. The number of ether oxygens (including phenoxy) is 1. The lowest BCUT2D eigenvalue weighted by atomic mass is 10.0. The molecule has 56 heavy (non-hydrogen) atoms. The number of carbonyl (C=O) groups is 3. The molecule has 2 aliphatic heterocycles. The van der Waals surface area contributed by atoms with Crippen LogP contribution in [0.2, 0.25) is 5.02 Å². The molecule has 17 heteroatoms. The normalized spacial score (nSPS) is 19.8. The van der Waals surface area contributed by atoms with Crippen LogP contribution < -0.4 is 10.00 Å². The number of aliphatic hydroxyl groups is 2. The van der Waals surface area contributed by atoms with E-state index in [0.29, 0.717) is 81.0 Å². The highest BCUT2D eigenvalue weighted by atomic mass is 35.5. The minimum Gasteiger partial charge on any atom is -0.396 e. The first-order valence-corrected chi connectivity index (χ1v) is 18.9. The van der Waals surface area contributed by atoms with E-state index in [0.717, 1.165) is 5.69 Å². The van der Waals surface area contributed by atoms with E-state index in [-0.39, 0.29) is 51.7 Å². The SMILES string of the molecule is COCC[n+]1cc(-c2ccc(-c3cnc(C(=O)Nc4ccc(C(=O)N5CCN(C(=O)[C@@H]6C[C@@H](O)C[N+]6(C)CCCO)CC5)c(Cl)c4)n3C)c(F)c2F)c(C)n1C. The van der Waals surface area contributed by atoms with E-state index < -0.39 is 29.7 Å². The number of imidazole rings is 1. The number of rotatable bonds is 12. The van der Waals surface area contributed by atoms with E-state index in [1.165, 1.54) is 48.1 Å². The standard InChI is InChI=1S/C39H48ClF2N8O6/c1-24-30(22-49(46(24)3)15-18-56-5)27-9-10-29(35(42)34(27)41)32-21-43-36(45(32)2)37(53)44-25-7-8-28(31(40)19-25)38(54)47-11-13-48(14-12-47)39(55)33-20-26(52)23-50(33,4)16-6-17-51/h7-10,19,21-22,26,33,51-52H,6,11-18,20,23H2,1-5H3/q+1/p+1/t26-,33+,50?/m1/s1. The number of quaternary nitrogens is 1. The maximum Gasteiger partial charge on any atom is 0.291 e. The number of hydrogen-bond donors (Lipinski definition) is 3. The van der Waals surface area contributed by atoms with Gasteiger partial charge in [0.2, 0.25) is 6.20 Å². The van der Waals surface area contributed by atoms with E-state index >= 15 is 8.78 Å². The van der Waals surface area contributed by atoms with Crippen molar-refractivity contribution in [2.75, 3.05) is 72.0 Å². The maximum absolute atomic E-state index is 15.7. The zero-order valence-corrected chi connectivity index (χ0v) is 33.0. The van der Waals surface area contributed by atoms with Crippen LogP contribution in [0.4, 0.5) is 14.5 Å². The van der Waals surface area contributed by atoms with E-state index in [1.54, 1.807) is 23.1 Å². The van der Waals surface area contributed by atoms with Gasteiger partial charge >= 0.3 is 0 Å². The molecule has 0 bridgehead atoms. The second-order valence-corrected chi connectivity index (χ2v) is 15.2. The number of nitrogens with zero attached hydrogens (tertiary/aromatic N) is 7. The Bertz CT molecular complexity index is 2130.